The standard InChI is InChI=1S/C56H36N6S.C8H15N.C6H6/c1-3-14-35(15-4-1)54-58-55(36-16-5-2-6-17-36)60-56(59-54)38-18-11-19-39(32-38)61-46-23-9-7-20-42(46)44-33-37(27-29-48(44)61)41-22-12-25-49-52(41)43-21-8-10-24-47(43)62(49)40-28-30-50-45(34-40)53-51(63-50)26-13-31-57-53;1-4-5-8(6-9)7(2)3;1-2-4-6-5-3-1/h1,3-5,7-34H,2,6H2;4-5H,6,9H2,1-3H3;1-6H/b;5-4-;. The number of hydrogen-bond donors (Lipinski definition) is 1. The minimum absolute atomic E-state index is 0.646. The highest BCUT2D eigenvalue weighted by Gasteiger charge is 2.20. The van der Waals surface area contributed by atoms with Gasteiger partial charge >= 0.3 is 0 Å². The first kappa shape index (κ1) is 49.5. The number of para-hydroxylation sites is 2. The van der Waals surface area contributed by atoms with Gasteiger partial charge in [-0.3, -0.25) is 4.98 Å². The Kier molecular flexibility index (Phi) is 14.0. The van der Waals surface area contributed by atoms with E-state index in [0.29, 0.717) is 24.0 Å². The highest BCUT2D eigenvalue weighted by molar-refractivity contribution is 7.25. The van der Waals surface area contributed by atoms with Crippen molar-refractivity contribution >= 4 is 80.8 Å². The van der Waals surface area contributed by atoms with Gasteiger partial charge in [0.15, 0.2) is 17.5 Å². The molecule has 1 aliphatic carbocycles. The highest BCUT2D eigenvalue weighted by atomic mass is 32.1. The van der Waals surface area contributed by atoms with E-state index < -0.39 is 0 Å². The van der Waals surface area contributed by atoms with Gasteiger partial charge in [-0.2, -0.15) is 0 Å². The van der Waals surface area contributed by atoms with E-state index >= 15 is 0 Å². The lowest BCUT2D eigenvalue weighted by molar-refractivity contribution is 1.01. The number of thiophene rings is 1. The maximum absolute atomic E-state index is 5.45. The van der Waals surface area contributed by atoms with Crippen LogP contribution in [0.4, 0.5) is 0 Å². The topological polar surface area (TPSA) is 87.4 Å². The third-order valence-corrected chi connectivity index (χ3v) is 15.5. The molecule has 0 amide bonds. The van der Waals surface area contributed by atoms with Crippen LogP contribution >= 0.6 is 11.3 Å². The third-order valence-electron chi connectivity index (χ3n) is 14.3. The SMILES string of the molecule is C/C=C\C(CN)=C(C)C.C1=CC(c2nc(-c3ccccc3)nc(-c3cccc(-n4c5ccccc5c5cc(-c6cccc7c6c6ccccc6n7-c6ccc7sc8cccnc8c7c6)ccc54)c3)n2)=CCC1.c1ccccc1. The monoisotopic (exact) mass is 1030 g/mol. The Hall–Kier alpha value is -9.34. The molecule has 0 radical (unpaired) electrons. The van der Waals surface area contributed by atoms with E-state index in [0.717, 1.165) is 57.5 Å². The number of nitrogens with zero attached hydrogens (tertiary/aromatic N) is 6. The normalized spacial score (nSPS) is 12.3. The average molecular weight is 1030 g/mol. The molecule has 0 saturated carbocycles. The first-order chi connectivity index (χ1) is 38.4. The van der Waals surface area contributed by atoms with Crippen molar-refractivity contribution in [3.63, 3.8) is 0 Å². The highest BCUT2D eigenvalue weighted by Crippen LogP contribution is 2.42. The molecule has 13 aromatic rings. The van der Waals surface area contributed by atoms with Gasteiger partial charge in [0, 0.05) is 72.4 Å². The van der Waals surface area contributed by atoms with E-state index in [-0.39, 0.29) is 0 Å². The van der Waals surface area contributed by atoms with Crippen molar-refractivity contribution in [3.8, 4) is 45.3 Å². The van der Waals surface area contributed by atoms with Gasteiger partial charge in [-0.25, -0.2) is 15.0 Å². The molecule has 0 bridgehead atoms. The molecule has 5 aromatic heterocycles. The van der Waals surface area contributed by atoms with E-state index in [2.05, 4.69) is 193 Å². The fraction of sp³-hybridized carbons (Fsp3) is 0.0857. The number of fused-ring (bicyclic) bond motifs is 9. The van der Waals surface area contributed by atoms with Gasteiger partial charge in [0.2, 0.25) is 0 Å². The summed E-state index contributed by atoms with van der Waals surface area (Å²) < 4.78 is 7.24. The number of allylic oxidation sites excluding steroid dienone is 6. The predicted molar refractivity (Wildman–Crippen MR) is 331 cm³/mol. The molecule has 0 spiro atoms. The number of nitrogens with two attached hydrogens (primary N) is 1. The summed E-state index contributed by atoms with van der Waals surface area (Å²) in [4.78, 5) is 19.9. The molecular formula is C70H57N7S. The maximum atomic E-state index is 5.45. The van der Waals surface area contributed by atoms with Crippen LogP contribution in [0.15, 0.2) is 254 Å². The van der Waals surface area contributed by atoms with Crippen molar-refractivity contribution in [3.05, 3.63) is 260 Å². The summed E-state index contributed by atoms with van der Waals surface area (Å²) in [6.45, 7) is 6.79. The van der Waals surface area contributed by atoms with Crippen molar-refractivity contribution in [1.29, 1.82) is 0 Å². The van der Waals surface area contributed by atoms with Gasteiger partial charge in [0.25, 0.3) is 0 Å². The van der Waals surface area contributed by atoms with E-state index in [4.69, 9.17) is 25.7 Å². The van der Waals surface area contributed by atoms with Crippen molar-refractivity contribution in [2.75, 3.05) is 6.54 Å². The average Bonchev–Trinajstić information content (AvgIpc) is 4.34. The third kappa shape index (κ3) is 9.64. The number of benzene rings is 8. The maximum Gasteiger partial charge on any atom is 0.164 e. The largest absolute Gasteiger partial charge is 0.326 e. The molecule has 2 N–H and O–H groups in total. The molecule has 5 heterocycles. The first-order valence-electron chi connectivity index (χ1n) is 26.6. The molecule has 0 unspecified atom stereocenters. The zero-order valence-corrected chi connectivity index (χ0v) is 44.7. The summed E-state index contributed by atoms with van der Waals surface area (Å²) >= 11 is 1.80. The Bertz CT molecular complexity index is 4430. The molecule has 378 valence electrons. The van der Waals surface area contributed by atoms with Crippen LogP contribution in [0.5, 0.6) is 0 Å². The van der Waals surface area contributed by atoms with Crippen LogP contribution in [-0.4, -0.2) is 35.6 Å². The van der Waals surface area contributed by atoms with E-state index in [1.54, 1.807) is 11.3 Å². The van der Waals surface area contributed by atoms with Crippen molar-refractivity contribution < 1.29 is 0 Å². The Morgan fingerprint density at radius 1 is 0.526 bits per heavy atom. The van der Waals surface area contributed by atoms with Gasteiger partial charge in [-0.05, 0) is 123 Å². The molecule has 0 fully saturated rings. The minimum Gasteiger partial charge on any atom is -0.326 e. The molecule has 1 aliphatic rings. The van der Waals surface area contributed by atoms with Crippen LogP contribution in [0.1, 0.15) is 39.4 Å². The number of hydrogen-bond acceptors (Lipinski definition) is 6. The van der Waals surface area contributed by atoms with E-state index in [1.165, 1.54) is 69.6 Å². The lowest BCUT2D eigenvalue weighted by Crippen LogP contribution is -2.03. The molecule has 0 atom stereocenters. The summed E-state index contributed by atoms with van der Waals surface area (Å²) in [6, 6.07) is 72.9. The lowest BCUT2D eigenvalue weighted by atomic mass is 9.98. The molecule has 0 aliphatic heterocycles. The van der Waals surface area contributed by atoms with Crippen LogP contribution < -0.4 is 5.73 Å². The molecule has 0 saturated heterocycles. The second-order valence-corrected chi connectivity index (χ2v) is 20.6. The Labute approximate surface area is 458 Å². The van der Waals surface area contributed by atoms with Crippen molar-refractivity contribution in [2.24, 2.45) is 5.73 Å². The Morgan fingerprint density at radius 2 is 1.17 bits per heavy atom. The number of rotatable bonds is 8. The molecule has 7 nitrogen and oxygen atoms in total. The van der Waals surface area contributed by atoms with Crippen LogP contribution in [0.25, 0.3) is 115 Å². The summed E-state index contributed by atoms with van der Waals surface area (Å²) in [5.41, 5.74) is 21.1. The first-order valence-corrected chi connectivity index (χ1v) is 27.4. The number of aromatic nitrogens is 6. The van der Waals surface area contributed by atoms with Crippen LogP contribution in [0, 0.1) is 0 Å². The fourth-order valence-corrected chi connectivity index (χ4v) is 11.7. The second kappa shape index (κ2) is 22.1. The van der Waals surface area contributed by atoms with Gasteiger partial charge in [0.05, 0.1) is 32.3 Å². The smallest absolute Gasteiger partial charge is 0.164 e. The quantitative estimate of drug-likeness (QED) is 0.153. The van der Waals surface area contributed by atoms with Crippen LogP contribution in [0.3, 0.4) is 0 Å². The summed E-state index contributed by atoms with van der Waals surface area (Å²) in [5.74, 6) is 2.01. The number of pyridine rings is 1. The molecular weight excluding hydrogens is 971 g/mol. The van der Waals surface area contributed by atoms with E-state index in [1.807, 2.05) is 79.9 Å². The summed E-state index contributed by atoms with van der Waals surface area (Å²) in [6.07, 6.45) is 14.5. The summed E-state index contributed by atoms with van der Waals surface area (Å²) in [7, 11) is 0. The second-order valence-electron chi connectivity index (χ2n) is 19.5. The zero-order chi connectivity index (χ0) is 53.0. The summed E-state index contributed by atoms with van der Waals surface area (Å²) in [5, 5.41) is 6.05. The molecule has 78 heavy (non-hydrogen) atoms. The van der Waals surface area contributed by atoms with Crippen LogP contribution in [-0.2, 0) is 0 Å². The van der Waals surface area contributed by atoms with E-state index in [9.17, 15) is 0 Å². The van der Waals surface area contributed by atoms with Crippen LogP contribution in [0.2, 0.25) is 0 Å². The molecule has 14 rings (SSSR count). The van der Waals surface area contributed by atoms with Gasteiger partial charge < -0.3 is 14.9 Å². The van der Waals surface area contributed by atoms with Gasteiger partial charge in [-0.15, -0.1) is 11.3 Å². The van der Waals surface area contributed by atoms with Crippen molar-refractivity contribution in [2.45, 2.75) is 33.6 Å². The lowest BCUT2D eigenvalue weighted by Gasteiger charge is -2.12. The minimum atomic E-state index is 0.646. The molecule has 8 aromatic carbocycles. The Balaban J connectivity index is 0.000000356. The predicted octanol–water partition coefficient (Wildman–Crippen LogP) is 18.1. The molecule has 8 heteroatoms. The van der Waals surface area contributed by atoms with Crippen molar-refractivity contribution in [1.82, 2.24) is 29.1 Å². The fourth-order valence-electron chi connectivity index (χ4n) is 10.6. The Morgan fingerprint density at radius 3 is 1.90 bits per heavy atom. The van der Waals surface area contributed by atoms with Gasteiger partial charge in [0.1, 0.15) is 0 Å². The van der Waals surface area contributed by atoms with Gasteiger partial charge in [-0.1, -0.05) is 169 Å². The zero-order valence-electron chi connectivity index (χ0n) is 43.9.